The fourth-order valence-corrected chi connectivity index (χ4v) is 3.53. The minimum absolute atomic E-state index is 0.165. The molecule has 3 rings (SSSR count). The Balaban J connectivity index is 1.43. The van der Waals surface area contributed by atoms with Crippen molar-refractivity contribution in [1.82, 2.24) is 15.2 Å². The molecule has 1 aromatic heterocycles. The Morgan fingerprint density at radius 2 is 2.26 bits per heavy atom. The van der Waals surface area contributed by atoms with E-state index in [1.807, 2.05) is 5.38 Å². The second-order valence-corrected chi connectivity index (χ2v) is 6.94. The largest absolute Gasteiger partial charge is 0.379 e. The maximum absolute atomic E-state index is 12.0. The smallest absolute Gasteiger partial charge is 0.321 e. The van der Waals surface area contributed by atoms with Gasteiger partial charge in [0.2, 0.25) is 0 Å². The van der Waals surface area contributed by atoms with E-state index >= 15 is 0 Å². The van der Waals surface area contributed by atoms with Gasteiger partial charge in [-0.3, -0.25) is 10.2 Å². The molecule has 0 bridgehead atoms. The van der Waals surface area contributed by atoms with Gasteiger partial charge in [0.05, 0.1) is 24.5 Å². The third-order valence-electron chi connectivity index (χ3n) is 4.53. The summed E-state index contributed by atoms with van der Waals surface area (Å²) >= 11 is 1.45. The first-order chi connectivity index (χ1) is 11.2. The van der Waals surface area contributed by atoms with Crippen LogP contribution in [-0.2, 0) is 16.0 Å². The molecule has 2 amide bonds. The average Bonchev–Trinajstić information content (AvgIpc) is 2.94. The number of hydrogen-bond acceptors (Lipinski definition) is 6. The van der Waals surface area contributed by atoms with Crippen LogP contribution in [0.3, 0.4) is 0 Å². The van der Waals surface area contributed by atoms with E-state index < -0.39 is 0 Å². The Labute approximate surface area is 140 Å². The Morgan fingerprint density at radius 3 is 2.91 bits per heavy atom. The lowest BCUT2D eigenvalue weighted by molar-refractivity contribution is -0.0671. The first-order valence-electron chi connectivity index (χ1n) is 8.04. The van der Waals surface area contributed by atoms with E-state index in [-0.39, 0.29) is 11.6 Å². The van der Waals surface area contributed by atoms with Crippen molar-refractivity contribution in [2.45, 2.75) is 31.4 Å². The maximum atomic E-state index is 12.0. The number of rotatable bonds is 6. The van der Waals surface area contributed by atoms with Crippen molar-refractivity contribution in [1.29, 1.82) is 0 Å². The first kappa shape index (κ1) is 16.6. The van der Waals surface area contributed by atoms with Crippen LogP contribution in [0.1, 0.15) is 25.0 Å². The van der Waals surface area contributed by atoms with E-state index in [1.54, 1.807) is 7.11 Å². The Bertz CT molecular complexity index is 521. The van der Waals surface area contributed by atoms with Gasteiger partial charge < -0.3 is 14.8 Å². The second-order valence-electron chi connectivity index (χ2n) is 6.08. The summed E-state index contributed by atoms with van der Waals surface area (Å²) in [4.78, 5) is 18.8. The fraction of sp³-hybridized carbons (Fsp3) is 0.733. The number of thiazole rings is 1. The van der Waals surface area contributed by atoms with Crippen LogP contribution in [0.15, 0.2) is 5.38 Å². The number of methoxy groups -OCH3 is 1. The van der Waals surface area contributed by atoms with Gasteiger partial charge in [-0.25, -0.2) is 9.78 Å². The zero-order valence-electron chi connectivity index (χ0n) is 13.5. The quantitative estimate of drug-likeness (QED) is 0.824. The highest BCUT2D eigenvalue weighted by molar-refractivity contribution is 7.13. The molecule has 0 spiro atoms. The number of nitrogens with zero attached hydrogens (tertiary/aromatic N) is 2. The van der Waals surface area contributed by atoms with Crippen molar-refractivity contribution in [2.24, 2.45) is 0 Å². The molecule has 2 aliphatic rings. The second kappa shape index (κ2) is 7.57. The van der Waals surface area contributed by atoms with Gasteiger partial charge in [0, 0.05) is 38.7 Å². The van der Waals surface area contributed by atoms with E-state index in [0.717, 1.165) is 57.8 Å². The molecular weight excluding hydrogens is 316 g/mol. The van der Waals surface area contributed by atoms with Crippen LogP contribution in [0.2, 0.25) is 0 Å². The first-order valence-corrected chi connectivity index (χ1v) is 8.92. The van der Waals surface area contributed by atoms with Gasteiger partial charge >= 0.3 is 6.03 Å². The Kier molecular flexibility index (Phi) is 5.47. The maximum Gasteiger partial charge on any atom is 0.321 e. The minimum Gasteiger partial charge on any atom is -0.379 e. The Morgan fingerprint density at radius 1 is 1.48 bits per heavy atom. The van der Waals surface area contributed by atoms with Crippen molar-refractivity contribution in [3.63, 3.8) is 0 Å². The lowest BCUT2D eigenvalue weighted by Crippen LogP contribution is -2.50. The van der Waals surface area contributed by atoms with Crippen LogP contribution in [0.4, 0.5) is 9.93 Å². The third kappa shape index (κ3) is 4.41. The van der Waals surface area contributed by atoms with E-state index in [2.05, 4.69) is 20.5 Å². The number of hydrogen-bond donors (Lipinski definition) is 2. The van der Waals surface area contributed by atoms with Gasteiger partial charge in [-0.1, -0.05) is 0 Å². The van der Waals surface area contributed by atoms with Gasteiger partial charge in [-0.15, -0.1) is 11.3 Å². The zero-order valence-corrected chi connectivity index (χ0v) is 14.3. The summed E-state index contributed by atoms with van der Waals surface area (Å²) in [5.74, 6) is 0. The molecule has 128 valence electrons. The standard InChI is InChI=1S/C15H24N4O3S/c1-21-15(3-2-4-15)11-16-13(20)18-14-17-12(10-23-14)9-19-5-7-22-8-6-19/h10H,2-9,11H2,1H3,(H2,16,17,18,20). The van der Waals surface area contributed by atoms with Crippen molar-refractivity contribution >= 4 is 22.5 Å². The number of urea groups is 1. The lowest BCUT2D eigenvalue weighted by Gasteiger charge is -2.40. The summed E-state index contributed by atoms with van der Waals surface area (Å²) in [6, 6.07) is -0.222. The number of ether oxygens (including phenoxy) is 2. The number of carbonyl (C=O) groups excluding carboxylic acids is 1. The molecular formula is C15H24N4O3S. The van der Waals surface area contributed by atoms with Crippen LogP contribution in [-0.4, -0.2) is 61.5 Å². The molecule has 0 radical (unpaired) electrons. The van der Waals surface area contributed by atoms with Gasteiger partial charge in [0.15, 0.2) is 5.13 Å². The molecule has 2 fully saturated rings. The molecule has 2 heterocycles. The van der Waals surface area contributed by atoms with E-state index in [1.165, 1.54) is 11.3 Å². The highest BCUT2D eigenvalue weighted by Gasteiger charge is 2.37. The molecule has 0 aromatic carbocycles. The summed E-state index contributed by atoms with van der Waals surface area (Å²) in [7, 11) is 1.71. The van der Waals surface area contributed by atoms with E-state index in [4.69, 9.17) is 9.47 Å². The number of carbonyl (C=O) groups is 1. The van der Waals surface area contributed by atoms with Crippen LogP contribution in [0, 0.1) is 0 Å². The van der Waals surface area contributed by atoms with Crippen molar-refractivity contribution in [3.8, 4) is 0 Å². The summed E-state index contributed by atoms with van der Waals surface area (Å²) in [5, 5.41) is 8.31. The topological polar surface area (TPSA) is 75.7 Å². The molecule has 1 aliphatic carbocycles. The summed E-state index contributed by atoms with van der Waals surface area (Å²) in [6.45, 7) is 4.76. The number of morpholine rings is 1. The number of anilines is 1. The van der Waals surface area contributed by atoms with Crippen molar-refractivity contribution in [3.05, 3.63) is 11.1 Å². The van der Waals surface area contributed by atoms with Gasteiger partial charge in [0.25, 0.3) is 0 Å². The zero-order chi connectivity index (χ0) is 16.1. The van der Waals surface area contributed by atoms with E-state index in [9.17, 15) is 4.79 Å². The summed E-state index contributed by atoms with van der Waals surface area (Å²) in [5.41, 5.74) is 0.821. The fourth-order valence-electron chi connectivity index (χ4n) is 2.83. The monoisotopic (exact) mass is 340 g/mol. The van der Waals surface area contributed by atoms with Crippen LogP contribution >= 0.6 is 11.3 Å². The Hall–Kier alpha value is -1.22. The summed E-state index contributed by atoms with van der Waals surface area (Å²) in [6.07, 6.45) is 3.17. The molecule has 0 atom stereocenters. The van der Waals surface area contributed by atoms with Gasteiger partial charge in [-0.05, 0) is 19.3 Å². The molecule has 1 aromatic rings. The lowest BCUT2D eigenvalue weighted by atomic mass is 9.80. The molecule has 8 heteroatoms. The van der Waals surface area contributed by atoms with Gasteiger partial charge in [0.1, 0.15) is 0 Å². The molecule has 1 saturated heterocycles. The van der Waals surface area contributed by atoms with Crippen LogP contribution in [0.25, 0.3) is 0 Å². The minimum atomic E-state index is -0.222. The van der Waals surface area contributed by atoms with E-state index in [0.29, 0.717) is 11.7 Å². The van der Waals surface area contributed by atoms with Gasteiger partial charge in [-0.2, -0.15) is 0 Å². The molecule has 2 N–H and O–H groups in total. The SMILES string of the molecule is COC1(CNC(=O)Nc2nc(CN3CCOCC3)cs2)CCC1. The van der Waals surface area contributed by atoms with Crippen molar-refractivity contribution < 1.29 is 14.3 Å². The highest BCUT2D eigenvalue weighted by Crippen LogP contribution is 2.34. The van der Waals surface area contributed by atoms with Crippen LogP contribution < -0.4 is 10.6 Å². The number of aromatic nitrogens is 1. The normalized spacial score (nSPS) is 20.7. The molecule has 1 aliphatic heterocycles. The predicted molar refractivity (Wildman–Crippen MR) is 88.8 cm³/mol. The molecule has 7 nitrogen and oxygen atoms in total. The van der Waals surface area contributed by atoms with Crippen molar-refractivity contribution in [2.75, 3.05) is 45.3 Å². The highest BCUT2D eigenvalue weighted by atomic mass is 32.1. The molecule has 23 heavy (non-hydrogen) atoms. The molecule has 1 saturated carbocycles. The molecule has 0 unspecified atom stereocenters. The average molecular weight is 340 g/mol. The van der Waals surface area contributed by atoms with Crippen LogP contribution in [0.5, 0.6) is 0 Å². The number of amides is 2. The number of nitrogens with one attached hydrogen (secondary N) is 2. The predicted octanol–water partition coefficient (Wildman–Crippen LogP) is 1.67. The third-order valence-corrected chi connectivity index (χ3v) is 5.34. The summed E-state index contributed by atoms with van der Waals surface area (Å²) < 4.78 is 10.8.